The van der Waals surface area contributed by atoms with E-state index in [2.05, 4.69) is 15.6 Å². The molecule has 0 saturated heterocycles. The van der Waals surface area contributed by atoms with Crippen LogP contribution in [-0.2, 0) is 7.05 Å². The van der Waals surface area contributed by atoms with E-state index in [9.17, 15) is 9.18 Å². The monoisotopic (exact) mass is 358 g/mol. The van der Waals surface area contributed by atoms with E-state index >= 15 is 0 Å². The number of imidazole rings is 1. The molecule has 0 saturated carbocycles. The van der Waals surface area contributed by atoms with Crippen molar-refractivity contribution in [3.05, 3.63) is 83.2 Å². The van der Waals surface area contributed by atoms with Gasteiger partial charge in [0, 0.05) is 35.7 Å². The molecule has 1 atom stereocenters. The molecule has 5 nitrogen and oxygen atoms in total. The topological polar surface area (TPSA) is 59.0 Å². The average Bonchev–Trinajstić information content (AvgIpc) is 2.99. The molecule has 0 aliphatic heterocycles. The Morgan fingerprint density at radius 3 is 2.72 bits per heavy atom. The van der Waals surface area contributed by atoms with Crippen LogP contribution in [0.25, 0.3) is 0 Å². The van der Waals surface area contributed by atoms with Crippen molar-refractivity contribution < 1.29 is 9.18 Å². The van der Waals surface area contributed by atoms with E-state index in [1.807, 2.05) is 0 Å². The first-order valence-corrected chi connectivity index (χ1v) is 7.97. The first-order chi connectivity index (χ1) is 12.0. The summed E-state index contributed by atoms with van der Waals surface area (Å²) in [6.07, 6.45) is 3.33. The summed E-state index contributed by atoms with van der Waals surface area (Å²) in [6, 6.07) is 11.8. The molecule has 2 aromatic carbocycles. The smallest absolute Gasteiger partial charge is 0.320 e. The Morgan fingerprint density at radius 1 is 1.24 bits per heavy atom. The van der Waals surface area contributed by atoms with E-state index in [1.165, 1.54) is 6.07 Å². The van der Waals surface area contributed by atoms with Gasteiger partial charge >= 0.3 is 6.03 Å². The van der Waals surface area contributed by atoms with E-state index in [1.54, 1.807) is 66.5 Å². The quantitative estimate of drug-likeness (QED) is 0.737. The second-order valence-corrected chi connectivity index (χ2v) is 5.90. The maximum absolute atomic E-state index is 14.3. The molecule has 3 aromatic rings. The molecule has 1 heterocycles. The maximum Gasteiger partial charge on any atom is 0.320 e. The summed E-state index contributed by atoms with van der Waals surface area (Å²) >= 11 is 5.92. The number of rotatable bonds is 4. The standard InChI is InChI=1S/C18H16ClFN4O/c1-24-10-9-21-17(24)16(14-7-2-3-8-15(14)20)23-18(25)22-13-6-4-5-12(19)11-13/h2-11,16H,1H3,(H2,22,23,25). The Balaban J connectivity index is 1.87. The van der Waals surface area contributed by atoms with Crippen molar-refractivity contribution in [1.82, 2.24) is 14.9 Å². The molecule has 25 heavy (non-hydrogen) atoms. The molecule has 3 rings (SSSR count). The number of urea groups is 1. The third-order valence-electron chi connectivity index (χ3n) is 3.69. The Morgan fingerprint density at radius 2 is 2.04 bits per heavy atom. The van der Waals surface area contributed by atoms with Gasteiger partial charge in [-0.2, -0.15) is 0 Å². The van der Waals surface area contributed by atoms with Gasteiger partial charge < -0.3 is 15.2 Å². The van der Waals surface area contributed by atoms with E-state index < -0.39 is 17.9 Å². The van der Waals surface area contributed by atoms with Crippen LogP contribution in [0.15, 0.2) is 60.9 Å². The Labute approximate surface area is 149 Å². The van der Waals surface area contributed by atoms with Crippen LogP contribution in [0.5, 0.6) is 0 Å². The number of anilines is 1. The van der Waals surface area contributed by atoms with Crippen molar-refractivity contribution in [2.75, 3.05) is 5.32 Å². The van der Waals surface area contributed by atoms with Gasteiger partial charge in [-0.1, -0.05) is 35.9 Å². The lowest BCUT2D eigenvalue weighted by molar-refractivity contribution is 0.249. The van der Waals surface area contributed by atoms with Crippen LogP contribution in [0.4, 0.5) is 14.9 Å². The minimum atomic E-state index is -0.736. The summed E-state index contributed by atoms with van der Waals surface area (Å²) in [4.78, 5) is 16.6. The van der Waals surface area contributed by atoms with E-state index in [0.29, 0.717) is 22.1 Å². The molecule has 128 valence electrons. The fraction of sp³-hybridized carbons (Fsp3) is 0.111. The van der Waals surface area contributed by atoms with Crippen molar-refractivity contribution in [3.63, 3.8) is 0 Å². The van der Waals surface area contributed by atoms with Gasteiger partial charge in [0.15, 0.2) is 0 Å². The van der Waals surface area contributed by atoms with Gasteiger partial charge in [-0.25, -0.2) is 14.2 Å². The highest BCUT2D eigenvalue weighted by molar-refractivity contribution is 6.30. The van der Waals surface area contributed by atoms with Gasteiger partial charge in [-0.15, -0.1) is 0 Å². The second-order valence-electron chi connectivity index (χ2n) is 5.46. The fourth-order valence-electron chi connectivity index (χ4n) is 2.51. The summed E-state index contributed by atoms with van der Waals surface area (Å²) in [7, 11) is 1.78. The largest absolute Gasteiger partial charge is 0.336 e. The highest BCUT2D eigenvalue weighted by Crippen LogP contribution is 2.23. The molecule has 0 bridgehead atoms. The number of carbonyl (C=O) groups excluding carboxylic acids is 1. The summed E-state index contributed by atoms with van der Waals surface area (Å²) in [6.45, 7) is 0. The molecule has 7 heteroatoms. The summed E-state index contributed by atoms with van der Waals surface area (Å²) in [5.41, 5.74) is 0.871. The Kier molecular flexibility index (Phi) is 5.00. The maximum atomic E-state index is 14.3. The number of halogens is 2. The number of benzene rings is 2. The molecule has 0 aliphatic carbocycles. The third-order valence-corrected chi connectivity index (χ3v) is 3.93. The van der Waals surface area contributed by atoms with Gasteiger partial charge in [0.05, 0.1) is 0 Å². The molecular formula is C18H16ClFN4O. The minimum absolute atomic E-state index is 0.332. The fourth-order valence-corrected chi connectivity index (χ4v) is 2.70. The molecule has 0 spiro atoms. The van der Waals surface area contributed by atoms with E-state index in [4.69, 9.17) is 11.6 Å². The molecular weight excluding hydrogens is 343 g/mol. The highest BCUT2D eigenvalue weighted by Gasteiger charge is 2.23. The first-order valence-electron chi connectivity index (χ1n) is 7.59. The van der Waals surface area contributed by atoms with Gasteiger partial charge in [-0.3, -0.25) is 0 Å². The highest BCUT2D eigenvalue weighted by atomic mass is 35.5. The van der Waals surface area contributed by atoms with Gasteiger partial charge in [0.1, 0.15) is 17.7 Å². The summed E-state index contributed by atoms with van der Waals surface area (Å²) in [5.74, 6) is 0.102. The van der Waals surface area contributed by atoms with Crippen LogP contribution in [-0.4, -0.2) is 15.6 Å². The van der Waals surface area contributed by atoms with E-state index in [-0.39, 0.29) is 0 Å². The summed E-state index contributed by atoms with van der Waals surface area (Å²) in [5, 5.41) is 5.97. The van der Waals surface area contributed by atoms with Gasteiger partial charge in [0.2, 0.25) is 0 Å². The van der Waals surface area contributed by atoms with Crippen molar-refractivity contribution in [3.8, 4) is 0 Å². The molecule has 0 aliphatic rings. The van der Waals surface area contributed by atoms with Crippen molar-refractivity contribution in [2.24, 2.45) is 7.05 Å². The first kappa shape index (κ1) is 17.0. The SMILES string of the molecule is Cn1ccnc1C(NC(=O)Nc1cccc(Cl)c1)c1ccccc1F. The second kappa shape index (κ2) is 7.36. The number of nitrogens with zero attached hydrogens (tertiary/aromatic N) is 2. The van der Waals surface area contributed by atoms with Crippen molar-refractivity contribution in [1.29, 1.82) is 0 Å². The van der Waals surface area contributed by atoms with Gasteiger partial charge in [0.25, 0.3) is 0 Å². The Hall–Kier alpha value is -2.86. The summed E-state index contributed by atoms with van der Waals surface area (Å²) < 4.78 is 16.0. The number of aromatic nitrogens is 2. The van der Waals surface area contributed by atoms with E-state index in [0.717, 1.165) is 0 Å². The number of hydrogen-bond acceptors (Lipinski definition) is 2. The number of amides is 2. The van der Waals surface area contributed by atoms with Gasteiger partial charge in [-0.05, 0) is 24.3 Å². The number of aryl methyl sites for hydroxylation is 1. The molecule has 0 radical (unpaired) electrons. The predicted octanol–water partition coefficient (Wildman–Crippen LogP) is 4.12. The Bertz CT molecular complexity index is 896. The van der Waals surface area contributed by atoms with Crippen LogP contribution < -0.4 is 10.6 Å². The van der Waals surface area contributed by atoms with Crippen LogP contribution in [0, 0.1) is 5.82 Å². The lowest BCUT2D eigenvalue weighted by Crippen LogP contribution is -2.35. The van der Waals surface area contributed by atoms with Crippen molar-refractivity contribution >= 4 is 23.3 Å². The zero-order valence-electron chi connectivity index (χ0n) is 13.4. The zero-order valence-corrected chi connectivity index (χ0v) is 14.2. The molecule has 2 amide bonds. The lowest BCUT2D eigenvalue weighted by atomic mass is 10.1. The van der Waals surface area contributed by atoms with Crippen LogP contribution in [0.3, 0.4) is 0 Å². The van der Waals surface area contributed by atoms with Crippen LogP contribution in [0.1, 0.15) is 17.4 Å². The minimum Gasteiger partial charge on any atom is -0.336 e. The number of nitrogens with one attached hydrogen (secondary N) is 2. The molecule has 1 aromatic heterocycles. The zero-order chi connectivity index (χ0) is 17.8. The molecule has 0 fully saturated rings. The van der Waals surface area contributed by atoms with Crippen LogP contribution >= 0.6 is 11.6 Å². The predicted molar refractivity (Wildman–Crippen MR) is 95.1 cm³/mol. The van der Waals surface area contributed by atoms with Crippen LogP contribution in [0.2, 0.25) is 5.02 Å². The lowest BCUT2D eigenvalue weighted by Gasteiger charge is -2.20. The third kappa shape index (κ3) is 3.97. The number of hydrogen-bond donors (Lipinski definition) is 2. The normalized spacial score (nSPS) is 11.8. The number of carbonyl (C=O) groups is 1. The molecule has 2 N–H and O–H groups in total. The van der Waals surface area contributed by atoms with Crippen molar-refractivity contribution in [2.45, 2.75) is 6.04 Å². The molecule has 1 unspecified atom stereocenters. The average molecular weight is 359 g/mol.